The van der Waals surface area contributed by atoms with E-state index in [4.69, 9.17) is 9.47 Å². The summed E-state index contributed by atoms with van der Waals surface area (Å²) in [5, 5.41) is 2.71. The van der Waals surface area contributed by atoms with Crippen molar-refractivity contribution in [2.75, 3.05) is 11.9 Å². The molecule has 0 saturated heterocycles. The quantitative estimate of drug-likeness (QED) is 0.590. The predicted molar refractivity (Wildman–Crippen MR) is 87.7 cm³/mol. The monoisotopic (exact) mass is 371 g/mol. The fourth-order valence-electron chi connectivity index (χ4n) is 1.64. The largest absolute Gasteiger partial charge is 0.458 e. The van der Waals surface area contributed by atoms with E-state index in [0.717, 1.165) is 5.56 Å². The number of carbonyl (C=O) groups excluding carboxylic acids is 2. The lowest BCUT2D eigenvalue weighted by atomic mass is 10.2. The molecule has 0 bridgehead atoms. The number of rotatable bonds is 7. The van der Waals surface area contributed by atoms with Crippen molar-refractivity contribution in [3.05, 3.63) is 35.9 Å². The fourth-order valence-corrected chi connectivity index (χ4v) is 1.81. The Labute approximate surface area is 139 Å². The molecule has 0 heterocycles. The smallest absolute Gasteiger partial charge is 0.331 e. The van der Waals surface area contributed by atoms with Crippen molar-refractivity contribution in [3.8, 4) is 0 Å². The van der Waals surface area contributed by atoms with Crippen LogP contribution in [0, 0.1) is 0 Å². The molecule has 0 aliphatic heterocycles. The van der Waals surface area contributed by atoms with Gasteiger partial charge in [0, 0.05) is 0 Å². The molecule has 122 valence electrons. The van der Waals surface area contributed by atoms with Crippen molar-refractivity contribution in [2.24, 2.45) is 0 Å². The number of ether oxygens (including phenoxy) is 2. The van der Waals surface area contributed by atoms with Crippen molar-refractivity contribution in [3.63, 3.8) is 0 Å². The van der Waals surface area contributed by atoms with Gasteiger partial charge in [0.05, 0.1) is 18.5 Å². The summed E-state index contributed by atoms with van der Waals surface area (Å²) in [6.07, 6.45) is 0. The minimum absolute atomic E-state index is 0.0581. The third-order valence-corrected chi connectivity index (χ3v) is 3.05. The number of halogens is 1. The second-order valence-electron chi connectivity index (χ2n) is 5.79. The maximum absolute atomic E-state index is 12.1. The van der Waals surface area contributed by atoms with Crippen molar-refractivity contribution >= 4 is 27.8 Å². The molecule has 0 aliphatic rings. The SMILES string of the molecule is CC(C)(C)OC(=O)C(COCc1ccccc1)NC(=O)CBr. The molecule has 1 aromatic rings. The van der Waals surface area contributed by atoms with Gasteiger partial charge in [-0.1, -0.05) is 46.3 Å². The molecule has 5 nitrogen and oxygen atoms in total. The number of hydrogen-bond acceptors (Lipinski definition) is 4. The number of carbonyl (C=O) groups is 2. The van der Waals surface area contributed by atoms with E-state index in [2.05, 4.69) is 21.2 Å². The minimum Gasteiger partial charge on any atom is -0.458 e. The minimum atomic E-state index is -0.826. The van der Waals surface area contributed by atoms with Gasteiger partial charge in [0.25, 0.3) is 0 Å². The molecule has 1 atom stereocenters. The summed E-state index contributed by atoms with van der Waals surface area (Å²) in [5.74, 6) is -0.797. The lowest BCUT2D eigenvalue weighted by Crippen LogP contribution is -2.47. The zero-order valence-electron chi connectivity index (χ0n) is 13.1. The predicted octanol–water partition coefficient (Wildman–Crippen LogP) is 2.42. The van der Waals surface area contributed by atoms with Crippen LogP contribution in [0.2, 0.25) is 0 Å². The summed E-state index contributed by atoms with van der Waals surface area (Å²) in [6, 6.07) is 8.78. The maximum Gasteiger partial charge on any atom is 0.331 e. The first-order chi connectivity index (χ1) is 10.3. The van der Waals surface area contributed by atoms with E-state index < -0.39 is 17.6 Å². The van der Waals surface area contributed by atoms with Crippen LogP contribution < -0.4 is 5.32 Å². The molecule has 1 N–H and O–H groups in total. The number of alkyl halides is 1. The third kappa shape index (κ3) is 7.56. The first kappa shape index (κ1) is 18.6. The van der Waals surface area contributed by atoms with Crippen molar-refractivity contribution in [1.29, 1.82) is 0 Å². The Morgan fingerprint density at radius 3 is 2.41 bits per heavy atom. The zero-order valence-corrected chi connectivity index (χ0v) is 14.7. The molecule has 1 aromatic carbocycles. The summed E-state index contributed by atoms with van der Waals surface area (Å²) < 4.78 is 10.8. The molecule has 0 saturated carbocycles. The first-order valence-corrected chi connectivity index (χ1v) is 8.14. The Morgan fingerprint density at radius 1 is 1.23 bits per heavy atom. The van der Waals surface area contributed by atoms with Gasteiger partial charge in [-0.2, -0.15) is 0 Å². The summed E-state index contributed by atoms with van der Waals surface area (Å²) >= 11 is 3.05. The average molecular weight is 372 g/mol. The van der Waals surface area contributed by atoms with Gasteiger partial charge in [-0.3, -0.25) is 4.79 Å². The highest BCUT2D eigenvalue weighted by Crippen LogP contribution is 2.09. The second-order valence-corrected chi connectivity index (χ2v) is 6.35. The molecular weight excluding hydrogens is 350 g/mol. The molecule has 1 amide bonds. The van der Waals surface area contributed by atoms with Crippen molar-refractivity contribution in [1.82, 2.24) is 5.32 Å². The number of benzene rings is 1. The summed E-state index contributed by atoms with van der Waals surface area (Å²) in [4.78, 5) is 23.6. The van der Waals surface area contributed by atoms with Crippen molar-refractivity contribution in [2.45, 2.75) is 39.0 Å². The standard InChI is InChI=1S/C16H22BrNO4/c1-16(2,3)22-15(20)13(18-14(19)9-17)11-21-10-12-7-5-4-6-8-12/h4-8,13H,9-11H2,1-3H3,(H,18,19). The van der Waals surface area contributed by atoms with Gasteiger partial charge in [-0.25, -0.2) is 4.79 Å². The van der Waals surface area contributed by atoms with Crippen LogP contribution in [0.1, 0.15) is 26.3 Å². The zero-order chi connectivity index (χ0) is 16.6. The van der Waals surface area contributed by atoms with Gasteiger partial charge in [0.15, 0.2) is 6.04 Å². The van der Waals surface area contributed by atoms with E-state index in [-0.39, 0.29) is 17.8 Å². The van der Waals surface area contributed by atoms with Gasteiger partial charge in [0.2, 0.25) is 5.91 Å². The molecular formula is C16H22BrNO4. The summed E-state index contributed by atoms with van der Waals surface area (Å²) in [7, 11) is 0. The Bertz CT molecular complexity index is 485. The van der Waals surface area contributed by atoms with Gasteiger partial charge >= 0.3 is 5.97 Å². The second kappa shape index (κ2) is 8.90. The number of amides is 1. The first-order valence-electron chi connectivity index (χ1n) is 7.01. The van der Waals surface area contributed by atoms with E-state index >= 15 is 0 Å². The number of esters is 1. The molecule has 0 radical (unpaired) electrons. The molecule has 1 rings (SSSR count). The van der Waals surface area contributed by atoms with Crippen LogP contribution in [-0.4, -0.2) is 35.5 Å². The Balaban J connectivity index is 2.57. The molecule has 0 spiro atoms. The van der Waals surface area contributed by atoms with Crippen molar-refractivity contribution < 1.29 is 19.1 Å². The van der Waals surface area contributed by atoms with Crippen LogP contribution in [0.15, 0.2) is 30.3 Å². The number of hydrogen-bond donors (Lipinski definition) is 1. The topological polar surface area (TPSA) is 64.6 Å². The molecule has 22 heavy (non-hydrogen) atoms. The average Bonchev–Trinajstić information content (AvgIpc) is 2.45. The van der Waals surface area contributed by atoms with E-state index in [1.807, 2.05) is 30.3 Å². The van der Waals surface area contributed by atoms with E-state index in [1.54, 1.807) is 20.8 Å². The summed E-state index contributed by atoms with van der Waals surface area (Å²) in [5.41, 5.74) is 0.380. The molecule has 0 aromatic heterocycles. The lowest BCUT2D eigenvalue weighted by Gasteiger charge is -2.24. The van der Waals surface area contributed by atoms with Crippen LogP contribution in [0.25, 0.3) is 0 Å². The maximum atomic E-state index is 12.1. The number of nitrogens with one attached hydrogen (secondary N) is 1. The van der Waals surface area contributed by atoms with E-state index in [9.17, 15) is 9.59 Å². The van der Waals surface area contributed by atoms with Crippen LogP contribution in [0.3, 0.4) is 0 Å². The Kier molecular flexibility index (Phi) is 7.55. The van der Waals surface area contributed by atoms with Crippen LogP contribution in [0.4, 0.5) is 0 Å². The van der Waals surface area contributed by atoms with Crippen LogP contribution >= 0.6 is 15.9 Å². The Hall–Kier alpha value is -1.40. The lowest BCUT2D eigenvalue weighted by molar-refractivity contribution is -0.160. The summed E-state index contributed by atoms with van der Waals surface area (Å²) in [6.45, 7) is 5.75. The third-order valence-electron chi connectivity index (χ3n) is 2.54. The van der Waals surface area contributed by atoms with Crippen LogP contribution in [-0.2, 0) is 25.7 Å². The van der Waals surface area contributed by atoms with E-state index in [0.29, 0.717) is 6.61 Å². The van der Waals surface area contributed by atoms with Crippen LogP contribution in [0.5, 0.6) is 0 Å². The van der Waals surface area contributed by atoms with Gasteiger partial charge in [0.1, 0.15) is 5.60 Å². The highest BCUT2D eigenvalue weighted by atomic mass is 79.9. The Morgan fingerprint density at radius 2 is 1.86 bits per heavy atom. The van der Waals surface area contributed by atoms with Gasteiger partial charge in [-0.05, 0) is 26.3 Å². The van der Waals surface area contributed by atoms with Gasteiger partial charge in [-0.15, -0.1) is 0 Å². The molecule has 1 unspecified atom stereocenters. The molecule has 0 aliphatic carbocycles. The normalized spacial score (nSPS) is 12.5. The molecule has 0 fully saturated rings. The fraction of sp³-hybridized carbons (Fsp3) is 0.500. The molecule has 6 heteroatoms. The van der Waals surface area contributed by atoms with Gasteiger partial charge < -0.3 is 14.8 Å². The van der Waals surface area contributed by atoms with E-state index in [1.165, 1.54) is 0 Å². The highest BCUT2D eigenvalue weighted by Gasteiger charge is 2.26. The highest BCUT2D eigenvalue weighted by molar-refractivity contribution is 9.09.